The molecule has 1 amide bonds. The van der Waals surface area contributed by atoms with E-state index in [9.17, 15) is 4.79 Å². The molecule has 1 N–H and O–H groups in total. The smallest absolute Gasteiger partial charge is 0.270 e. The van der Waals surface area contributed by atoms with Gasteiger partial charge in [0.2, 0.25) is 0 Å². The normalized spacial score (nSPS) is 13.5. The van der Waals surface area contributed by atoms with E-state index in [2.05, 4.69) is 10.4 Å². The van der Waals surface area contributed by atoms with Gasteiger partial charge in [-0.15, -0.1) is 11.6 Å². The van der Waals surface area contributed by atoms with Crippen molar-refractivity contribution in [3.05, 3.63) is 17.5 Å². The number of aromatic nitrogens is 2. The van der Waals surface area contributed by atoms with Crippen LogP contribution in [0.25, 0.3) is 0 Å². The molecule has 0 aliphatic carbocycles. The Kier molecular flexibility index (Phi) is 4.20. The Bertz CT molecular complexity index is 410. The van der Waals surface area contributed by atoms with E-state index in [0.29, 0.717) is 5.69 Å². The third-order valence-electron chi connectivity index (χ3n) is 2.96. The maximum absolute atomic E-state index is 12.1. The summed E-state index contributed by atoms with van der Waals surface area (Å²) in [4.78, 5) is 12.1. The highest BCUT2D eigenvalue weighted by Crippen LogP contribution is 2.15. The number of halogens is 1. The number of aryl methyl sites for hydroxylation is 2. The van der Waals surface area contributed by atoms with E-state index < -0.39 is 5.54 Å². The van der Waals surface area contributed by atoms with Crippen molar-refractivity contribution in [2.45, 2.75) is 45.0 Å². The molecule has 96 valence electrons. The number of alkyl halides is 1. The summed E-state index contributed by atoms with van der Waals surface area (Å²) >= 11 is 6.04. The fourth-order valence-corrected chi connectivity index (χ4v) is 1.42. The SMILES string of the molecule is CCc1cc(C(=O)NC(C)(C)C(C)Cl)n(C)n1. The van der Waals surface area contributed by atoms with Crippen LogP contribution in [0, 0.1) is 0 Å². The Morgan fingerprint density at radius 3 is 2.65 bits per heavy atom. The number of hydrogen-bond acceptors (Lipinski definition) is 2. The van der Waals surface area contributed by atoms with Gasteiger partial charge in [-0.2, -0.15) is 5.10 Å². The largest absolute Gasteiger partial charge is 0.344 e. The van der Waals surface area contributed by atoms with Crippen molar-refractivity contribution in [2.75, 3.05) is 0 Å². The second-order valence-electron chi connectivity index (χ2n) is 4.79. The number of carbonyl (C=O) groups excluding carboxylic acids is 1. The van der Waals surface area contributed by atoms with Gasteiger partial charge in [0.05, 0.1) is 16.6 Å². The van der Waals surface area contributed by atoms with Crippen LogP contribution in [0.2, 0.25) is 0 Å². The van der Waals surface area contributed by atoms with E-state index in [1.807, 2.05) is 33.8 Å². The van der Waals surface area contributed by atoms with Gasteiger partial charge in [0.15, 0.2) is 0 Å². The highest BCUT2D eigenvalue weighted by molar-refractivity contribution is 6.21. The van der Waals surface area contributed by atoms with Gasteiger partial charge in [-0.05, 0) is 33.3 Å². The molecule has 0 bridgehead atoms. The standard InChI is InChI=1S/C12H20ClN3O/c1-6-9-7-10(16(5)15-9)11(17)14-12(3,4)8(2)13/h7-8H,6H2,1-5H3,(H,14,17). The second kappa shape index (κ2) is 5.08. The lowest BCUT2D eigenvalue weighted by atomic mass is 10.0. The van der Waals surface area contributed by atoms with Crippen LogP contribution < -0.4 is 5.32 Å². The van der Waals surface area contributed by atoms with Gasteiger partial charge in [0.25, 0.3) is 5.91 Å². The molecule has 1 heterocycles. The first-order valence-electron chi connectivity index (χ1n) is 5.77. The zero-order chi connectivity index (χ0) is 13.2. The molecule has 0 saturated heterocycles. The second-order valence-corrected chi connectivity index (χ2v) is 5.44. The van der Waals surface area contributed by atoms with Gasteiger partial charge in [0.1, 0.15) is 5.69 Å². The van der Waals surface area contributed by atoms with E-state index in [-0.39, 0.29) is 11.3 Å². The lowest BCUT2D eigenvalue weighted by Crippen LogP contribution is -2.49. The molecule has 5 heteroatoms. The number of rotatable bonds is 4. The molecular formula is C12H20ClN3O. The Morgan fingerprint density at radius 2 is 2.24 bits per heavy atom. The number of nitrogens with zero attached hydrogens (tertiary/aromatic N) is 2. The summed E-state index contributed by atoms with van der Waals surface area (Å²) < 4.78 is 1.60. The average Bonchev–Trinajstić information content (AvgIpc) is 2.58. The van der Waals surface area contributed by atoms with Gasteiger partial charge in [-0.25, -0.2) is 0 Å². The van der Waals surface area contributed by atoms with Gasteiger partial charge in [-0.3, -0.25) is 9.48 Å². The van der Waals surface area contributed by atoms with Gasteiger partial charge < -0.3 is 5.32 Å². The maximum Gasteiger partial charge on any atom is 0.270 e. The minimum atomic E-state index is -0.449. The highest BCUT2D eigenvalue weighted by Gasteiger charge is 2.27. The first kappa shape index (κ1) is 14.0. The van der Waals surface area contributed by atoms with Crippen LogP contribution >= 0.6 is 11.6 Å². The Labute approximate surface area is 107 Å². The van der Waals surface area contributed by atoms with Gasteiger partial charge in [0, 0.05) is 7.05 Å². The zero-order valence-corrected chi connectivity index (χ0v) is 11.8. The van der Waals surface area contributed by atoms with E-state index >= 15 is 0 Å². The molecule has 0 saturated carbocycles. The summed E-state index contributed by atoms with van der Waals surface area (Å²) in [7, 11) is 1.77. The third-order valence-corrected chi connectivity index (χ3v) is 3.50. The molecule has 0 fully saturated rings. The summed E-state index contributed by atoms with van der Waals surface area (Å²) in [5, 5.41) is 7.02. The van der Waals surface area contributed by atoms with Crippen LogP contribution in [0.5, 0.6) is 0 Å². The van der Waals surface area contributed by atoms with Gasteiger partial charge >= 0.3 is 0 Å². The first-order chi connectivity index (χ1) is 7.77. The first-order valence-corrected chi connectivity index (χ1v) is 6.21. The summed E-state index contributed by atoms with van der Waals surface area (Å²) in [5.41, 5.74) is 1.02. The van der Waals surface area contributed by atoms with Crippen molar-refractivity contribution in [1.82, 2.24) is 15.1 Å². The molecule has 0 aromatic carbocycles. The molecular weight excluding hydrogens is 238 g/mol. The molecule has 1 aromatic heterocycles. The van der Waals surface area contributed by atoms with Crippen LogP contribution in [0.15, 0.2) is 6.07 Å². The van der Waals surface area contributed by atoms with E-state index in [1.165, 1.54) is 0 Å². The Balaban J connectivity index is 2.86. The van der Waals surface area contributed by atoms with Gasteiger partial charge in [-0.1, -0.05) is 6.92 Å². The minimum Gasteiger partial charge on any atom is -0.344 e. The lowest BCUT2D eigenvalue weighted by Gasteiger charge is -2.28. The van der Waals surface area contributed by atoms with Crippen molar-refractivity contribution in [1.29, 1.82) is 0 Å². The van der Waals surface area contributed by atoms with Crippen molar-refractivity contribution < 1.29 is 4.79 Å². The number of carbonyl (C=O) groups is 1. The lowest BCUT2D eigenvalue weighted by molar-refractivity contribution is 0.0902. The third kappa shape index (κ3) is 3.22. The van der Waals surface area contributed by atoms with Crippen LogP contribution in [0.3, 0.4) is 0 Å². The quantitative estimate of drug-likeness (QED) is 0.840. The van der Waals surface area contributed by atoms with Crippen molar-refractivity contribution in [3.8, 4) is 0 Å². The Hall–Kier alpha value is -1.03. The topological polar surface area (TPSA) is 46.9 Å². The van der Waals surface area contributed by atoms with Crippen LogP contribution in [-0.4, -0.2) is 26.6 Å². The molecule has 0 aliphatic rings. The molecule has 1 rings (SSSR count). The average molecular weight is 258 g/mol. The van der Waals surface area contributed by atoms with Crippen LogP contribution in [0.1, 0.15) is 43.9 Å². The van der Waals surface area contributed by atoms with Crippen LogP contribution in [0.4, 0.5) is 0 Å². The molecule has 17 heavy (non-hydrogen) atoms. The van der Waals surface area contributed by atoms with E-state index in [4.69, 9.17) is 11.6 Å². The summed E-state index contributed by atoms with van der Waals surface area (Å²) in [6, 6.07) is 1.81. The van der Waals surface area contributed by atoms with Crippen molar-refractivity contribution in [3.63, 3.8) is 0 Å². The minimum absolute atomic E-state index is 0.141. The molecule has 0 spiro atoms. The Morgan fingerprint density at radius 1 is 1.65 bits per heavy atom. The van der Waals surface area contributed by atoms with Crippen molar-refractivity contribution >= 4 is 17.5 Å². The number of hydrogen-bond donors (Lipinski definition) is 1. The molecule has 0 aliphatic heterocycles. The van der Waals surface area contributed by atoms with Crippen LogP contribution in [-0.2, 0) is 13.5 Å². The van der Waals surface area contributed by atoms with Crippen molar-refractivity contribution in [2.24, 2.45) is 7.05 Å². The van der Waals surface area contributed by atoms with E-state index in [1.54, 1.807) is 11.7 Å². The molecule has 1 unspecified atom stereocenters. The molecule has 1 aromatic rings. The highest BCUT2D eigenvalue weighted by atomic mass is 35.5. The fraction of sp³-hybridized carbons (Fsp3) is 0.667. The molecule has 0 radical (unpaired) electrons. The fourth-order valence-electron chi connectivity index (χ4n) is 1.37. The zero-order valence-electron chi connectivity index (χ0n) is 11.0. The van der Waals surface area contributed by atoms with E-state index in [0.717, 1.165) is 12.1 Å². The predicted octanol–water partition coefficient (Wildman–Crippen LogP) is 2.12. The predicted molar refractivity (Wildman–Crippen MR) is 69.4 cm³/mol. The summed E-state index contributed by atoms with van der Waals surface area (Å²) in [5.74, 6) is -0.141. The monoisotopic (exact) mass is 257 g/mol. The maximum atomic E-state index is 12.1. The molecule has 4 nitrogen and oxygen atoms in total. The number of nitrogens with one attached hydrogen (secondary N) is 1. The molecule has 1 atom stereocenters. The summed E-state index contributed by atoms with van der Waals surface area (Å²) in [6.07, 6.45) is 0.816. The number of amides is 1. The summed E-state index contributed by atoms with van der Waals surface area (Å²) in [6.45, 7) is 7.68.